The van der Waals surface area contributed by atoms with Crippen LogP contribution in [-0.4, -0.2) is 29.5 Å². The normalized spacial score (nSPS) is 21.0. The first kappa shape index (κ1) is 18.0. The van der Waals surface area contributed by atoms with E-state index in [2.05, 4.69) is 41.8 Å². The van der Waals surface area contributed by atoms with E-state index in [0.29, 0.717) is 6.04 Å². The number of anilines is 1. The Bertz CT molecular complexity index is 528. The highest BCUT2D eigenvalue weighted by Crippen LogP contribution is 2.30. The molecule has 4 nitrogen and oxygen atoms in total. The van der Waals surface area contributed by atoms with Gasteiger partial charge in [-0.15, -0.1) is 11.8 Å². The molecule has 0 aromatic heterocycles. The summed E-state index contributed by atoms with van der Waals surface area (Å²) < 4.78 is 5.33. The first-order valence-corrected chi connectivity index (χ1v) is 9.34. The third kappa shape index (κ3) is 5.98. The average molecular weight is 337 g/mol. The van der Waals surface area contributed by atoms with Crippen LogP contribution in [0.25, 0.3) is 0 Å². The summed E-state index contributed by atoms with van der Waals surface area (Å²) in [7, 11) is 0. The lowest BCUT2D eigenvalue weighted by molar-refractivity contribution is 0.0505. The number of carbonyl (C=O) groups excluding carboxylic acids is 1. The maximum Gasteiger partial charge on any atom is 0.407 e. The van der Waals surface area contributed by atoms with Crippen molar-refractivity contribution < 1.29 is 9.53 Å². The molecule has 1 aliphatic carbocycles. The molecular formula is C18H28N2O2S. The second-order valence-corrected chi connectivity index (χ2v) is 8.23. The highest BCUT2D eigenvalue weighted by Gasteiger charge is 2.27. The predicted octanol–water partition coefficient (Wildman–Crippen LogP) is 4.66. The van der Waals surface area contributed by atoms with Crippen molar-refractivity contribution >= 4 is 23.5 Å². The van der Waals surface area contributed by atoms with E-state index in [9.17, 15) is 4.79 Å². The van der Waals surface area contributed by atoms with Crippen LogP contribution in [0.1, 0.15) is 47.0 Å². The van der Waals surface area contributed by atoms with Gasteiger partial charge in [-0.3, -0.25) is 0 Å². The number of hydrogen-bond donors (Lipinski definition) is 2. The summed E-state index contributed by atoms with van der Waals surface area (Å²) in [6.07, 6.45) is 2.67. The number of amides is 1. The molecule has 2 unspecified atom stereocenters. The minimum Gasteiger partial charge on any atom is -0.444 e. The summed E-state index contributed by atoms with van der Waals surface area (Å²) in [5.74, 6) is 1.06. The maximum absolute atomic E-state index is 11.9. The molecule has 23 heavy (non-hydrogen) atoms. The topological polar surface area (TPSA) is 50.4 Å². The lowest BCUT2D eigenvalue weighted by Gasteiger charge is -2.22. The lowest BCUT2D eigenvalue weighted by Crippen LogP contribution is -2.38. The molecule has 2 rings (SSSR count). The van der Waals surface area contributed by atoms with E-state index in [1.54, 1.807) is 0 Å². The molecule has 2 atom stereocenters. The van der Waals surface area contributed by atoms with E-state index in [4.69, 9.17) is 4.74 Å². The number of carbonyl (C=O) groups is 1. The van der Waals surface area contributed by atoms with Crippen molar-refractivity contribution in [3.8, 4) is 0 Å². The van der Waals surface area contributed by atoms with Crippen molar-refractivity contribution in [2.75, 3.05) is 11.1 Å². The van der Waals surface area contributed by atoms with Gasteiger partial charge in [0, 0.05) is 22.7 Å². The van der Waals surface area contributed by atoms with Crippen LogP contribution in [-0.2, 0) is 4.74 Å². The first-order valence-electron chi connectivity index (χ1n) is 8.35. The Morgan fingerprint density at radius 2 is 1.96 bits per heavy atom. The maximum atomic E-state index is 11.9. The number of nitrogens with one attached hydrogen (secondary N) is 2. The Kier molecular flexibility index (Phi) is 6.22. The zero-order valence-corrected chi connectivity index (χ0v) is 15.3. The van der Waals surface area contributed by atoms with Crippen molar-refractivity contribution in [3.05, 3.63) is 24.3 Å². The number of para-hydroxylation sites is 1. The van der Waals surface area contributed by atoms with Gasteiger partial charge >= 0.3 is 6.09 Å². The number of alkyl carbamates (subject to hydrolysis) is 1. The SMILES string of the molecule is CCSc1ccccc1NC1CCC(NC(=O)OC(C)(C)C)C1. The van der Waals surface area contributed by atoms with Crippen molar-refractivity contribution in [2.24, 2.45) is 0 Å². The summed E-state index contributed by atoms with van der Waals surface area (Å²) in [5.41, 5.74) is 0.749. The monoisotopic (exact) mass is 336 g/mol. The van der Waals surface area contributed by atoms with Crippen LogP contribution in [0.5, 0.6) is 0 Å². The van der Waals surface area contributed by atoms with E-state index in [1.807, 2.05) is 32.5 Å². The Balaban J connectivity index is 1.85. The smallest absolute Gasteiger partial charge is 0.407 e. The van der Waals surface area contributed by atoms with E-state index < -0.39 is 5.60 Å². The molecule has 2 N–H and O–H groups in total. The molecule has 1 saturated carbocycles. The van der Waals surface area contributed by atoms with Gasteiger partial charge in [-0.1, -0.05) is 19.1 Å². The van der Waals surface area contributed by atoms with E-state index in [0.717, 1.165) is 25.0 Å². The minimum atomic E-state index is -0.448. The van der Waals surface area contributed by atoms with Crippen LogP contribution in [0.3, 0.4) is 0 Å². The molecule has 1 aromatic rings. The summed E-state index contributed by atoms with van der Waals surface area (Å²) in [6.45, 7) is 7.81. The van der Waals surface area contributed by atoms with Crippen molar-refractivity contribution in [2.45, 2.75) is 69.5 Å². The van der Waals surface area contributed by atoms with Crippen LogP contribution in [0.2, 0.25) is 0 Å². The van der Waals surface area contributed by atoms with Crippen LogP contribution in [0.4, 0.5) is 10.5 Å². The summed E-state index contributed by atoms with van der Waals surface area (Å²) in [4.78, 5) is 13.2. The minimum absolute atomic E-state index is 0.188. The lowest BCUT2D eigenvalue weighted by atomic mass is 10.2. The average Bonchev–Trinajstić information content (AvgIpc) is 2.86. The molecule has 0 saturated heterocycles. The molecule has 0 bridgehead atoms. The van der Waals surface area contributed by atoms with Crippen LogP contribution in [0, 0.1) is 0 Å². The zero-order chi connectivity index (χ0) is 16.9. The van der Waals surface area contributed by atoms with Crippen molar-refractivity contribution in [1.82, 2.24) is 5.32 Å². The number of thioether (sulfide) groups is 1. The van der Waals surface area contributed by atoms with Gasteiger partial charge in [0.15, 0.2) is 0 Å². The van der Waals surface area contributed by atoms with Crippen LogP contribution in [0.15, 0.2) is 29.2 Å². The van der Waals surface area contributed by atoms with Crippen LogP contribution < -0.4 is 10.6 Å². The van der Waals surface area contributed by atoms with E-state index in [-0.39, 0.29) is 12.1 Å². The third-order valence-electron chi connectivity index (χ3n) is 3.70. The fourth-order valence-corrected chi connectivity index (χ4v) is 3.57. The molecule has 1 aliphatic rings. The van der Waals surface area contributed by atoms with Gasteiger partial charge in [-0.25, -0.2) is 4.79 Å². The van der Waals surface area contributed by atoms with Gasteiger partial charge in [0.1, 0.15) is 5.60 Å². The van der Waals surface area contributed by atoms with Gasteiger partial charge in [0.2, 0.25) is 0 Å². The fourth-order valence-electron chi connectivity index (χ4n) is 2.81. The molecule has 0 aliphatic heterocycles. The Morgan fingerprint density at radius 1 is 1.26 bits per heavy atom. The van der Waals surface area contributed by atoms with Gasteiger partial charge in [0.25, 0.3) is 0 Å². The molecule has 0 spiro atoms. The highest BCUT2D eigenvalue weighted by atomic mass is 32.2. The molecule has 128 valence electrons. The summed E-state index contributed by atoms with van der Waals surface area (Å²) >= 11 is 1.85. The third-order valence-corrected chi connectivity index (χ3v) is 4.66. The Hall–Kier alpha value is -1.36. The molecule has 5 heteroatoms. The Labute approximate surface area is 143 Å². The van der Waals surface area contributed by atoms with E-state index >= 15 is 0 Å². The standard InChI is InChI=1S/C18H28N2O2S/c1-5-23-16-9-7-6-8-15(16)19-13-10-11-14(12-13)20-17(21)22-18(2,3)4/h6-9,13-14,19H,5,10-12H2,1-4H3,(H,20,21). The largest absolute Gasteiger partial charge is 0.444 e. The number of rotatable bonds is 5. The second-order valence-electron chi connectivity index (χ2n) is 6.93. The zero-order valence-electron chi connectivity index (χ0n) is 14.5. The molecular weight excluding hydrogens is 308 g/mol. The first-order chi connectivity index (χ1) is 10.9. The highest BCUT2D eigenvalue weighted by molar-refractivity contribution is 7.99. The molecule has 1 amide bonds. The van der Waals surface area contributed by atoms with Gasteiger partial charge < -0.3 is 15.4 Å². The molecule has 0 heterocycles. The number of benzene rings is 1. The number of ether oxygens (including phenoxy) is 1. The molecule has 1 fully saturated rings. The molecule has 1 aromatic carbocycles. The van der Waals surface area contributed by atoms with Crippen molar-refractivity contribution in [1.29, 1.82) is 0 Å². The quantitative estimate of drug-likeness (QED) is 0.768. The summed E-state index contributed by atoms with van der Waals surface area (Å²) in [5, 5.41) is 6.62. The predicted molar refractivity (Wildman–Crippen MR) is 97.3 cm³/mol. The van der Waals surface area contributed by atoms with Crippen molar-refractivity contribution in [3.63, 3.8) is 0 Å². The van der Waals surface area contributed by atoms with Gasteiger partial charge in [-0.2, -0.15) is 0 Å². The second kappa shape index (κ2) is 7.95. The number of hydrogen-bond acceptors (Lipinski definition) is 4. The fraction of sp³-hybridized carbons (Fsp3) is 0.611. The van der Waals surface area contributed by atoms with E-state index in [1.165, 1.54) is 10.6 Å². The Morgan fingerprint density at radius 3 is 2.65 bits per heavy atom. The van der Waals surface area contributed by atoms with Gasteiger partial charge in [0.05, 0.1) is 0 Å². The summed E-state index contributed by atoms with van der Waals surface area (Å²) in [6, 6.07) is 9.01. The van der Waals surface area contributed by atoms with Gasteiger partial charge in [-0.05, 0) is 57.9 Å². The molecule has 0 radical (unpaired) electrons. The van der Waals surface area contributed by atoms with Crippen LogP contribution >= 0.6 is 11.8 Å².